The molecule has 312 valence electrons. The zero-order valence-electron chi connectivity index (χ0n) is 33.3. The van der Waals surface area contributed by atoms with Crippen LogP contribution in [0.25, 0.3) is 0 Å². The monoisotopic (exact) mass is 811 g/mol. The summed E-state index contributed by atoms with van der Waals surface area (Å²) < 4.78 is 33.4. The van der Waals surface area contributed by atoms with Crippen molar-refractivity contribution in [3.63, 3.8) is 0 Å². The molecule has 2 aromatic heterocycles. The summed E-state index contributed by atoms with van der Waals surface area (Å²) in [4.78, 5) is 54.4. The quantitative estimate of drug-likeness (QED) is 0.0890. The van der Waals surface area contributed by atoms with Crippen molar-refractivity contribution in [3.05, 3.63) is 161 Å². The van der Waals surface area contributed by atoms with Gasteiger partial charge in [-0.15, -0.1) is 0 Å². The van der Waals surface area contributed by atoms with Gasteiger partial charge in [-0.3, -0.25) is 28.7 Å². The molecule has 3 aromatic carbocycles. The number of ether oxygens (including phenoxy) is 5. The maximum Gasteiger partial charge on any atom is 0.330 e. The molecule has 2 saturated heterocycles. The van der Waals surface area contributed by atoms with Crippen LogP contribution in [0.2, 0.25) is 0 Å². The van der Waals surface area contributed by atoms with Gasteiger partial charge in [-0.2, -0.15) is 5.06 Å². The molecule has 16 heteroatoms. The molecule has 4 N–H and O–H groups in total. The van der Waals surface area contributed by atoms with Crippen LogP contribution in [-0.4, -0.2) is 86.7 Å². The summed E-state index contributed by atoms with van der Waals surface area (Å²) >= 11 is 0. The van der Waals surface area contributed by atoms with Gasteiger partial charge in [0.1, 0.15) is 35.7 Å². The van der Waals surface area contributed by atoms with E-state index in [4.69, 9.17) is 23.7 Å². The highest BCUT2D eigenvalue weighted by Crippen LogP contribution is 2.44. The largest absolute Gasteiger partial charge is 0.497 e. The van der Waals surface area contributed by atoms with Crippen LogP contribution in [0.15, 0.2) is 110 Å². The molecule has 0 unspecified atom stereocenters. The van der Waals surface area contributed by atoms with Crippen molar-refractivity contribution in [2.45, 2.75) is 69.5 Å². The average molecular weight is 812 g/mol. The van der Waals surface area contributed by atoms with Gasteiger partial charge < -0.3 is 34.0 Å². The van der Waals surface area contributed by atoms with Crippen LogP contribution < -0.4 is 32.0 Å². The first-order chi connectivity index (χ1) is 28.4. The molecule has 2 aliphatic rings. The SMILES string of the molecule is COc1ccc(C(OC[C@H]2O[C@@H](n3cc(C)c(=O)[nH]c3=O)C[C@@H]2CCN(O)C[C@H]2O[C@@H](n3cc(C)c(=O)[nH]c3=O)C[C@@H]2O)(c2ccccc2)c2ccc(OC)cc2)cc1. The van der Waals surface area contributed by atoms with Crippen molar-refractivity contribution in [1.29, 1.82) is 0 Å². The second-order valence-corrected chi connectivity index (χ2v) is 15.0. The number of hydroxylamine groups is 2. The second kappa shape index (κ2) is 17.7. The number of nitrogens with zero attached hydrogens (tertiary/aromatic N) is 3. The fourth-order valence-corrected chi connectivity index (χ4v) is 7.98. The Bertz CT molecular complexity index is 2400. The van der Waals surface area contributed by atoms with Crippen LogP contribution in [-0.2, 0) is 19.8 Å². The Hall–Kier alpha value is -5.62. The van der Waals surface area contributed by atoms with E-state index in [2.05, 4.69) is 9.97 Å². The summed E-state index contributed by atoms with van der Waals surface area (Å²) in [7, 11) is 3.21. The molecular formula is C43H49N5O11. The minimum atomic E-state index is -1.15. The van der Waals surface area contributed by atoms with Crippen molar-refractivity contribution >= 4 is 0 Å². The Balaban J connectivity index is 1.16. The number of aromatic amines is 2. The highest BCUT2D eigenvalue weighted by molar-refractivity contribution is 5.49. The van der Waals surface area contributed by atoms with Crippen LogP contribution in [0.5, 0.6) is 11.5 Å². The number of aromatic nitrogens is 4. The van der Waals surface area contributed by atoms with Crippen LogP contribution in [0, 0.1) is 19.8 Å². The molecule has 7 rings (SSSR count). The van der Waals surface area contributed by atoms with E-state index in [1.165, 1.54) is 21.5 Å². The summed E-state index contributed by atoms with van der Waals surface area (Å²) in [5, 5.41) is 23.1. The fourth-order valence-electron chi connectivity index (χ4n) is 7.98. The Labute approximate surface area is 339 Å². The maximum atomic E-state index is 13.1. The summed E-state index contributed by atoms with van der Waals surface area (Å²) in [6, 6.07) is 25.1. The van der Waals surface area contributed by atoms with Gasteiger partial charge in [0, 0.05) is 36.5 Å². The third kappa shape index (κ3) is 8.73. The maximum absolute atomic E-state index is 13.1. The van der Waals surface area contributed by atoms with Crippen LogP contribution >= 0.6 is 0 Å². The van der Waals surface area contributed by atoms with Gasteiger partial charge >= 0.3 is 11.4 Å². The first-order valence-electron chi connectivity index (χ1n) is 19.5. The molecule has 0 saturated carbocycles. The van der Waals surface area contributed by atoms with Gasteiger partial charge in [0.15, 0.2) is 0 Å². The molecule has 2 aliphatic heterocycles. The Kier molecular flexibility index (Phi) is 12.5. The number of H-pyrrole nitrogens is 2. The van der Waals surface area contributed by atoms with Gasteiger partial charge in [-0.25, -0.2) is 9.59 Å². The standard InChI is InChI=1S/C43H49N5O11/c1-26-22-47(41(52)44-39(26)50)37-20-28(18-19-46(54)24-35-34(49)21-38(58-35)48-23-27(2)40(51)45-42(48)53)36(59-37)25-57-43(29-8-6-5-7-9-29,30-10-14-32(55-3)15-11-30)31-12-16-33(56-4)17-13-31/h5-17,22-23,28,34-38,49,54H,18-21,24-25H2,1-4H3,(H,44,50,52)(H,45,51,53)/t28-,34-,35+,36+,37+,38+/m0/s1. The molecule has 0 bridgehead atoms. The second-order valence-electron chi connectivity index (χ2n) is 15.0. The number of aliphatic hydroxyl groups is 1. The molecular weight excluding hydrogens is 762 g/mol. The lowest BCUT2D eigenvalue weighted by Crippen LogP contribution is -2.39. The molecule has 0 spiro atoms. The summed E-state index contributed by atoms with van der Waals surface area (Å²) in [5.41, 5.74) is -0.245. The predicted octanol–water partition coefficient (Wildman–Crippen LogP) is 3.36. The smallest absolute Gasteiger partial charge is 0.330 e. The van der Waals surface area contributed by atoms with E-state index in [1.807, 2.05) is 78.9 Å². The first-order valence-corrected chi connectivity index (χ1v) is 19.5. The van der Waals surface area contributed by atoms with E-state index in [1.54, 1.807) is 28.1 Å². The van der Waals surface area contributed by atoms with E-state index in [0.29, 0.717) is 35.5 Å². The zero-order chi connectivity index (χ0) is 41.8. The van der Waals surface area contributed by atoms with Crippen molar-refractivity contribution < 1.29 is 34.0 Å². The van der Waals surface area contributed by atoms with Crippen molar-refractivity contribution in [3.8, 4) is 11.5 Å². The highest BCUT2D eigenvalue weighted by atomic mass is 16.6. The van der Waals surface area contributed by atoms with E-state index in [-0.39, 0.29) is 32.0 Å². The van der Waals surface area contributed by atoms with Gasteiger partial charge in [-0.1, -0.05) is 54.6 Å². The van der Waals surface area contributed by atoms with Gasteiger partial charge in [0.2, 0.25) is 0 Å². The third-order valence-corrected chi connectivity index (χ3v) is 11.3. The molecule has 4 heterocycles. The molecule has 0 radical (unpaired) electrons. The summed E-state index contributed by atoms with van der Waals surface area (Å²) in [6.07, 6.45) is -0.318. The molecule has 0 amide bonds. The van der Waals surface area contributed by atoms with E-state index < -0.39 is 58.9 Å². The fraction of sp³-hybridized carbons (Fsp3) is 0.395. The Morgan fingerprint density at radius 1 is 0.729 bits per heavy atom. The lowest BCUT2D eigenvalue weighted by molar-refractivity contribution is -0.140. The predicted molar refractivity (Wildman–Crippen MR) is 215 cm³/mol. The Morgan fingerprint density at radius 3 is 1.75 bits per heavy atom. The van der Waals surface area contributed by atoms with Gasteiger partial charge in [0.25, 0.3) is 11.1 Å². The molecule has 0 aliphatic carbocycles. The summed E-state index contributed by atoms with van der Waals surface area (Å²) in [6.45, 7) is 3.29. The number of benzene rings is 3. The zero-order valence-corrected chi connectivity index (χ0v) is 33.3. The number of nitrogens with one attached hydrogen (secondary N) is 2. The van der Waals surface area contributed by atoms with Crippen molar-refractivity contribution in [2.75, 3.05) is 33.9 Å². The number of methoxy groups -OCH3 is 2. The number of rotatable bonds is 15. The van der Waals surface area contributed by atoms with Crippen LogP contribution in [0.1, 0.15) is 59.5 Å². The van der Waals surface area contributed by atoms with E-state index >= 15 is 0 Å². The van der Waals surface area contributed by atoms with Crippen LogP contribution in [0.3, 0.4) is 0 Å². The average Bonchev–Trinajstić information content (AvgIpc) is 3.82. The highest BCUT2D eigenvalue weighted by Gasteiger charge is 2.43. The number of hydrogen-bond donors (Lipinski definition) is 4. The first kappa shape index (κ1) is 41.5. The van der Waals surface area contributed by atoms with Gasteiger partial charge in [-0.05, 0) is 73.6 Å². The molecule has 59 heavy (non-hydrogen) atoms. The number of aryl methyl sites for hydroxylation is 2. The minimum Gasteiger partial charge on any atom is -0.497 e. The number of hydrogen-bond acceptors (Lipinski definition) is 12. The molecule has 16 nitrogen and oxygen atoms in total. The molecule has 5 aromatic rings. The Morgan fingerprint density at radius 2 is 1.22 bits per heavy atom. The lowest BCUT2D eigenvalue weighted by atomic mass is 9.80. The van der Waals surface area contributed by atoms with Crippen molar-refractivity contribution in [2.24, 2.45) is 5.92 Å². The topological polar surface area (TPSA) is 200 Å². The molecule has 6 atom stereocenters. The van der Waals surface area contributed by atoms with E-state index in [9.17, 15) is 29.5 Å². The van der Waals surface area contributed by atoms with E-state index in [0.717, 1.165) is 21.8 Å². The van der Waals surface area contributed by atoms with Crippen LogP contribution in [0.4, 0.5) is 0 Å². The normalized spacial score (nSPS) is 21.9. The minimum absolute atomic E-state index is 0.0517. The van der Waals surface area contributed by atoms with Crippen molar-refractivity contribution in [1.82, 2.24) is 24.2 Å². The summed E-state index contributed by atoms with van der Waals surface area (Å²) in [5.74, 6) is 1.09. The lowest BCUT2D eigenvalue weighted by Gasteiger charge is -2.37. The number of aliphatic hydroxyl groups excluding tert-OH is 1. The van der Waals surface area contributed by atoms with Gasteiger partial charge in [0.05, 0.1) is 39.6 Å². The molecule has 2 fully saturated rings. The third-order valence-electron chi connectivity index (χ3n) is 11.3.